The van der Waals surface area contributed by atoms with Crippen molar-refractivity contribution in [3.8, 4) is 0 Å². The van der Waals surface area contributed by atoms with Gasteiger partial charge >= 0.3 is 0 Å². The standard InChI is InChI=1S/C7H11ClN2O2S/c1-4-13(11,12)6-5(2)9-10(3)7(6)8/h4H2,1-3H3. The van der Waals surface area contributed by atoms with Crippen LogP contribution >= 0.6 is 11.6 Å². The molecule has 0 fully saturated rings. The molecule has 1 aromatic rings. The van der Waals surface area contributed by atoms with Crippen LogP contribution in [0.2, 0.25) is 5.15 Å². The monoisotopic (exact) mass is 222 g/mol. The van der Waals surface area contributed by atoms with Gasteiger partial charge in [-0.25, -0.2) is 8.42 Å². The maximum absolute atomic E-state index is 11.5. The highest BCUT2D eigenvalue weighted by Crippen LogP contribution is 2.24. The summed E-state index contributed by atoms with van der Waals surface area (Å²) in [6, 6.07) is 0. The van der Waals surface area contributed by atoms with E-state index < -0.39 is 9.84 Å². The first kappa shape index (κ1) is 10.5. The minimum absolute atomic E-state index is 0.0409. The highest BCUT2D eigenvalue weighted by molar-refractivity contribution is 7.91. The summed E-state index contributed by atoms with van der Waals surface area (Å²) in [6.45, 7) is 3.21. The number of sulfone groups is 1. The molecule has 0 aliphatic heterocycles. The number of rotatable bonds is 2. The molecule has 0 aliphatic rings. The molecule has 0 saturated heterocycles. The Hall–Kier alpha value is -0.550. The SMILES string of the molecule is CCS(=O)(=O)c1c(C)nn(C)c1Cl. The molecule has 4 nitrogen and oxygen atoms in total. The van der Waals surface area contributed by atoms with Gasteiger partial charge in [-0.1, -0.05) is 18.5 Å². The Labute approximate surface area is 82.4 Å². The summed E-state index contributed by atoms with van der Waals surface area (Å²) in [6.07, 6.45) is 0. The molecule has 0 amide bonds. The molecule has 0 N–H and O–H groups in total. The summed E-state index contributed by atoms with van der Waals surface area (Å²) >= 11 is 5.80. The molecular formula is C7H11ClN2O2S. The predicted molar refractivity (Wildman–Crippen MR) is 50.7 cm³/mol. The van der Waals surface area contributed by atoms with Gasteiger partial charge in [0.05, 0.1) is 11.4 Å². The highest BCUT2D eigenvalue weighted by Gasteiger charge is 2.22. The van der Waals surface area contributed by atoms with Crippen molar-refractivity contribution < 1.29 is 8.42 Å². The topological polar surface area (TPSA) is 52.0 Å². The Kier molecular flexibility index (Phi) is 2.68. The Balaban J connectivity index is 3.47. The molecule has 0 aromatic carbocycles. The first-order chi connectivity index (χ1) is 5.90. The van der Waals surface area contributed by atoms with Gasteiger partial charge < -0.3 is 0 Å². The second-order valence-electron chi connectivity index (χ2n) is 2.73. The van der Waals surface area contributed by atoms with Crippen molar-refractivity contribution in [2.24, 2.45) is 7.05 Å². The van der Waals surface area contributed by atoms with Gasteiger partial charge in [0.15, 0.2) is 9.84 Å². The van der Waals surface area contributed by atoms with Crippen LogP contribution in [0, 0.1) is 6.92 Å². The summed E-state index contributed by atoms with van der Waals surface area (Å²) < 4.78 is 24.4. The fourth-order valence-corrected chi connectivity index (χ4v) is 2.80. The maximum atomic E-state index is 11.5. The molecule has 0 aliphatic carbocycles. The van der Waals surface area contributed by atoms with Crippen LogP contribution in [0.4, 0.5) is 0 Å². The zero-order valence-electron chi connectivity index (χ0n) is 7.70. The summed E-state index contributed by atoms with van der Waals surface area (Å²) in [7, 11) is -1.64. The van der Waals surface area contributed by atoms with Crippen LogP contribution in [-0.4, -0.2) is 24.0 Å². The number of aryl methyl sites for hydroxylation is 2. The fraction of sp³-hybridized carbons (Fsp3) is 0.571. The number of halogens is 1. The molecule has 1 aromatic heterocycles. The number of hydrogen-bond donors (Lipinski definition) is 0. The minimum Gasteiger partial charge on any atom is -0.255 e. The third kappa shape index (κ3) is 1.71. The van der Waals surface area contributed by atoms with Crippen LogP contribution in [0.3, 0.4) is 0 Å². The molecule has 6 heteroatoms. The lowest BCUT2D eigenvalue weighted by Gasteiger charge is -1.98. The van der Waals surface area contributed by atoms with Gasteiger partial charge in [0.2, 0.25) is 0 Å². The Morgan fingerprint density at radius 3 is 2.38 bits per heavy atom. The van der Waals surface area contributed by atoms with Crippen LogP contribution in [0.5, 0.6) is 0 Å². The molecule has 13 heavy (non-hydrogen) atoms. The van der Waals surface area contributed by atoms with E-state index in [4.69, 9.17) is 11.6 Å². The molecular weight excluding hydrogens is 212 g/mol. The van der Waals surface area contributed by atoms with E-state index in [1.165, 1.54) is 4.68 Å². The largest absolute Gasteiger partial charge is 0.255 e. The van der Waals surface area contributed by atoms with Crippen molar-refractivity contribution >= 4 is 21.4 Å². The van der Waals surface area contributed by atoms with E-state index in [-0.39, 0.29) is 15.8 Å². The highest BCUT2D eigenvalue weighted by atomic mass is 35.5. The van der Waals surface area contributed by atoms with Crippen molar-refractivity contribution in [3.63, 3.8) is 0 Å². The normalized spacial score (nSPS) is 12.0. The lowest BCUT2D eigenvalue weighted by atomic mass is 10.5. The molecule has 1 rings (SSSR count). The van der Waals surface area contributed by atoms with Crippen LogP contribution in [0.25, 0.3) is 0 Å². The number of hydrogen-bond acceptors (Lipinski definition) is 3. The quantitative estimate of drug-likeness (QED) is 0.755. The van der Waals surface area contributed by atoms with E-state index in [9.17, 15) is 8.42 Å². The Bertz CT molecular complexity index is 422. The van der Waals surface area contributed by atoms with Crippen LogP contribution in [-0.2, 0) is 16.9 Å². The second kappa shape index (κ2) is 3.31. The first-order valence-electron chi connectivity index (χ1n) is 3.82. The molecule has 0 spiro atoms. The van der Waals surface area contributed by atoms with Gasteiger partial charge in [-0.3, -0.25) is 4.68 Å². The first-order valence-corrected chi connectivity index (χ1v) is 5.85. The van der Waals surface area contributed by atoms with Crippen molar-refractivity contribution in [2.75, 3.05) is 5.75 Å². The zero-order valence-corrected chi connectivity index (χ0v) is 9.28. The van der Waals surface area contributed by atoms with E-state index in [1.54, 1.807) is 20.9 Å². The van der Waals surface area contributed by atoms with Crippen molar-refractivity contribution in [3.05, 3.63) is 10.8 Å². The predicted octanol–water partition coefficient (Wildman–Crippen LogP) is 1.18. The second-order valence-corrected chi connectivity index (χ2v) is 5.31. The summed E-state index contributed by atoms with van der Waals surface area (Å²) in [5.74, 6) is 0.0409. The summed E-state index contributed by atoms with van der Waals surface area (Å²) in [4.78, 5) is 0.152. The average molecular weight is 223 g/mol. The van der Waals surface area contributed by atoms with Gasteiger partial charge in [0.1, 0.15) is 10.0 Å². The molecule has 0 bridgehead atoms. The average Bonchev–Trinajstić information content (AvgIpc) is 2.27. The van der Waals surface area contributed by atoms with E-state index in [0.717, 1.165) is 0 Å². The zero-order chi connectivity index (χ0) is 10.2. The van der Waals surface area contributed by atoms with Gasteiger partial charge in [0, 0.05) is 7.05 Å². The molecule has 0 radical (unpaired) electrons. The van der Waals surface area contributed by atoms with Crippen molar-refractivity contribution in [1.29, 1.82) is 0 Å². The molecule has 1 heterocycles. The third-order valence-electron chi connectivity index (χ3n) is 1.79. The van der Waals surface area contributed by atoms with E-state index >= 15 is 0 Å². The van der Waals surface area contributed by atoms with Crippen LogP contribution < -0.4 is 0 Å². The molecule has 74 valence electrons. The van der Waals surface area contributed by atoms with Crippen LogP contribution in [0.1, 0.15) is 12.6 Å². The molecule has 0 atom stereocenters. The Morgan fingerprint density at radius 1 is 1.54 bits per heavy atom. The molecule has 0 unspecified atom stereocenters. The number of nitrogens with zero attached hydrogens (tertiary/aromatic N) is 2. The van der Waals surface area contributed by atoms with Crippen LogP contribution in [0.15, 0.2) is 4.90 Å². The minimum atomic E-state index is -3.25. The smallest absolute Gasteiger partial charge is 0.183 e. The van der Waals surface area contributed by atoms with Crippen molar-refractivity contribution in [2.45, 2.75) is 18.7 Å². The van der Waals surface area contributed by atoms with Crippen molar-refractivity contribution in [1.82, 2.24) is 9.78 Å². The van der Waals surface area contributed by atoms with E-state index in [1.807, 2.05) is 0 Å². The third-order valence-corrected chi connectivity index (χ3v) is 4.21. The lowest BCUT2D eigenvalue weighted by Crippen LogP contribution is -2.04. The van der Waals surface area contributed by atoms with E-state index in [2.05, 4.69) is 5.10 Å². The maximum Gasteiger partial charge on any atom is 0.183 e. The number of aromatic nitrogens is 2. The lowest BCUT2D eigenvalue weighted by molar-refractivity contribution is 0.596. The van der Waals surface area contributed by atoms with Gasteiger partial charge in [-0.2, -0.15) is 5.10 Å². The molecule has 0 saturated carbocycles. The van der Waals surface area contributed by atoms with Gasteiger partial charge in [0.25, 0.3) is 0 Å². The van der Waals surface area contributed by atoms with Gasteiger partial charge in [-0.15, -0.1) is 0 Å². The summed E-state index contributed by atoms with van der Waals surface area (Å²) in [5.41, 5.74) is 0.453. The van der Waals surface area contributed by atoms with E-state index in [0.29, 0.717) is 5.69 Å². The fourth-order valence-electron chi connectivity index (χ4n) is 1.11. The van der Waals surface area contributed by atoms with Gasteiger partial charge in [-0.05, 0) is 6.92 Å². The Morgan fingerprint density at radius 2 is 2.08 bits per heavy atom. The summed E-state index contributed by atoms with van der Waals surface area (Å²) in [5, 5.41) is 4.11.